The van der Waals surface area contributed by atoms with E-state index in [1.165, 1.54) is 4.31 Å². The van der Waals surface area contributed by atoms with Gasteiger partial charge in [-0.3, -0.25) is 14.1 Å². The summed E-state index contributed by atoms with van der Waals surface area (Å²) in [5.41, 5.74) is 3.13. The van der Waals surface area contributed by atoms with Crippen molar-refractivity contribution in [3.05, 3.63) is 59.4 Å². The van der Waals surface area contributed by atoms with Crippen molar-refractivity contribution in [2.45, 2.75) is 39.8 Å². The van der Waals surface area contributed by atoms with Crippen LogP contribution < -0.4 is 9.62 Å². The molecule has 0 saturated carbocycles. The van der Waals surface area contributed by atoms with Gasteiger partial charge in [-0.2, -0.15) is 0 Å². The lowest BCUT2D eigenvalue weighted by atomic mass is 10.1. The van der Waals surface area contributed by atoms with Crippen LogP contribution in [0, 0.1) is 13.8 Å². The number of hydrogen-bond donors (Lipinski definition) is 1. The van der Waals surface area contributed by atoms with Gasteiger partial charge in [0.25, 0.3) is 0 Å². The van der Waals surface area contributed by atoms with Crippen LogP contribution >= 0.6 is 0 Å². The van der Waals surface area contributed by atoms with E-state index in [1.807, 2.05) is 32.0 Å². The monoisotopic (exact) mass is 375 g/mol. The Labute approximate surface area is 155 Å². The van der Waals surface area contributed by atoms with Crippen molar-refractivity contribution in [3.8, 4) is 0 Å². The summed E-state index contributed by atoms with van der Waals surface area (Å²) in [6.45, 7) is 5.84. The molecule has 6 nitrogen and oxygen atoms in total. The molecule has 7 heteroatoms. The van der Waals surface area contributed by atoms with Crippen molar-refractivity contribution in [2.75, 3.05) is 10.6 Å². The lowest BCUT2D eigenvalue weighted by Gasteiger charge is -2.31. The third-order valence-electron chi connectivity index (χ3n) is 4.12. The fourth-order valence-electron chi connectivity index (χ4n) is 2.80. The third-order valence-corrected chi connectivity index (χ3v) is 5.29. The van der Waals surface area contributed by atoms with E-state index in [0.29, 0.717) is 18.7 Å². The zero-order chi connectivity index (χ0) is 19.3. The summed E-state index contributed by atoms with van der Waals surface area (Å²) < 4.78 is 26.3. The van der Waals surface area contributed by atoms with Crippen molar-refractivity contribution in [3.63, 3.8) is 0 Å². The van der Waals surface area contributed by atoms with Gasteiger partial charge in [-0.1, -0.05) is 25.1 Å². The van der Waals surface area contributed by atoms with Crippen LogP contribution in [0.4, 0.5) is 5.69 Å². The Morgan fingerprint density at radius 3 is 2.58 bits per heavy atom. The standard InChI is InChI=1S/C19H25N3O3S/c1-5-17(19(23)21-13-16-7-6-10-20-12-16)22(26(4,24)25)18-11-14(2)8-9-15(18)3/h6-12,17H,5,13H2,1-4H3,(H,21,23)/t17-/m1/s1. The molecule has 1 atom stereocenters. The molecule has 0 spiro atoms. The van der Waals surface area contributed by atoms with Crippen LogP contribution in [0.25, 0.3) is 0 Å². The highest BCUT2D eigenvalue weighted by molar-refractivity contribution is 7.92. The number of rotatable bonds is 7. The van der Waals surface area contributed by atoms with Gasteiger partial charge in [-0.25, -0.2) is 8.42 Å². The number of sulfonamides is 1. The summed E-state index contributed by atoms with van der Waals surface area (Å²) in [6.07, 6.45) is 4.82. The van der Waals surface area contributed by atoms with E-state index < -0.39 is 16.1 Å². The zero-order valence-corrected chi connectivity index (χ0v) is 16.4. The number of carbonyl (C=O) groups excluding carboxylic acids is 1. The van der Waals surface area contributed by atoms with E-state index in [9.17, 15) is 13.2 Å². The molecule has 1 heterocycles. The SMILES string of the molecule is CC[C@H](C(=O)NCc1cccnc1)N(c1cc(C)ccc1C)S(C)(=O)=O. The van der Waals surface area contributed by atoms with Gasteiger partial charge < -0.3 is 5.32 Å². The minimum atomic E-state index is -3.64. The summed E-state index contributed by atoms with van der Waals surface area (Å²) in [5, 5.41) is 2.82. The molecule has 0 saturated heterocycles. The Kier molecular flexibility index (Phi) is 6.37. The smallest absolute Gasteiger partial charge is 0.244 e. The molecule has 0 aliphatic carbocycles. The maximum atomic E-state index is 12.8. The van der Waals surface area contributed by atoms with Gasteiger partial charge in [0.15, 0.2) is 0 Å². The molecule has 1 aromatic carbocycles. The topological polar surface area (TPSA) is 79.4 Å². The van der Waals surface area contributed by atoms with E-state index in [0.717, 1.165) is 22.9 Å². The number of nitrogens with zero attached hydrogens (tertiary/aromatic N) is 2. The van der Waals surface area contributed by atoms with Crippen LogP contribution in [0.3, 0.4) is 0 Å². The van der Waals surface area contributed by atoms with Crippen LogP contribution in [-0.4, -0.2) is 31.6 Å². The Bertz CT molecular complexity index is 867. The Morgan fingerprint density at radius 1 is 1.27 bits per heavy atom. The van der Waals surface area contributed by atoms with E-state index >= 15 is 0 Å². The first-order valence-electron chi connectivity index (χ1n) is 8.47. The van der Waals surface area contributed by atoms with Crippen LogP contribution in [0.2, 0.25) is 0 Å². The van der Waals surface area contributed by atoms with Crippen LogP contribution in [-0.2, 0) is 21.4 Å². The van der Waals surface area contributed by atoms with E-state index in [2.05, 4.69) is 10.3 Å². The summed E-state index contributed by atoms with van der Waals surface area (Å²) in [4.78, 5) is 16.8. The highest BCUT2D eigenvalue weighted by Gasteiger charge is 2.32. The lowest BCUT2D eigenvalue weighted by Crippen LogP contribution is -2.49. The third kappa shape index (κ3) is 4.82. The second-order valence-electron chi connectivity index (χ2n) is 6.35. The molecule has 0 aliphatic rings. The predicted octanol–water partition coefficient (Wildman–Crippen LogP) is 2.56. The molecule has 2 rings (SSSR count). The van der Waals surface area contributed by atoms with Crippen molar-refractivity contribution in [2.24, 2.45) is 0 Å². The summed E-state index contributed by atoms with van der Waals surface area (Å²) >= 11 is 0. The number of carbonyl (C=O) groups is 1. The number of pyridine rings is 1. The molecular weight excluding hydrogens is 350 g/mol. The van der Waals surface area contributed by atoms with Crippen LogP contribution in [0.5, 0.6) is 0 Å². The highest BCUT2D eigenvalue weighted by Crippen LogP contribution is 2.27. The van der Waals surface area contributed by atoms with E-state index in [4.69, 9.17) is 0 Å². The Morgan fingerprint density at radius 2 is 2.00 bits per heavy atom. The van der Waals surface area contributed by atoms with Crippen LogP contribution in [0.15, 0.2) is 42.7 Å². The second kappa shape index (κ2) is 8.31. The molecule has 0 fully saturated rings. The molecule has 140 valence electrons. The van der Waals surface area contributed by atoms with E-state index in [-0.39, 0.29) is 5.91 Å². The quantitative estimate of drug-likeness (QED) is 0.807. The van der Waals surface area contributed by atoms with Crippen molar-refractivity contribution >= 4 is 21.6 Å². The average molecular weight is 375 g/mol. The number of amides is 1. The number of hydrogen-bond acceptors (Lipinski definition) is 4. The number of aryl methyl sites for hydroxylation is 2. The van der Waals surface area contributed by atoms with Gasteiger partial charge >= 0.3 is 0 Å². The van der Waals surface area contributed by atoms with Gasteiger partial charge in [-0.05, 0) is 49.1 Å². The molecular formula is C19H25N3O3S. The van der Waals surface area contributed by atoms with Gasteiger partial charge in [-0.15, -0.1) is 0 Å². The highest BCUT2D eigenvalue weighted by atomic mass is 32.2. The number of nitrogens with one attached hydrogen (secondary N) is 1. The summed E-state index contributed by atoms with van der Waals surface area (Å²) in [6, 6.07) is 8.41. The Balaban J connectivity index is 2.32. The minimum absolute atomic E-state index is 0.299. The van der Waals surface area contributed by atoms with Gasteiger partial charge in [0.2, 0.25) is 15.9 Å². The van der Waals surface area contributed by atoms with Crippen molar-refractivity contribution in [1.29, 1.82) is 0 Å². The molecule has 0 aliphatic heterocycles. The first-order valence-corrected chi connectivity index (χ1v) is 10.3. The number of aromatic nitrogens is 1. The molecule has 2 aromatic rings. The summed E-state index contributed by atoms with van der Waals surface area (Å²) in [7, 11) is -3.64. The normalized spacial score (nSPS) is 12.5. The number of anilines is 1. The molecule has 0 bridgehead atoms. The fourth-order valence-corrected chi connectivity index (χ4v) is 4.06. The molecule has 0 radical (unpaired) electrons. The largest absolute Gasteiger partial charge is 0.350 e. The first kappa shape index (κ1) is 19.9. The number of benzene rings is 1. The van der Waals surface area contributed by atoms with Gasteiger partial charge in [0.1, 0.15) is 6.04 Å². The predicted molar refractivity (Wildman–Crippen MR) is 103 cm³/mol. The average Bonchev–Trinajstić information content (AvgIpc) is 2.59. The zero-order valence-electron chi connectivity index (χ0n) is 15.6. The summed E-state index contributed by atoms with van der Waals surface area (Å²) in [5.74, 6) is -0.331. The minimum Gasteiger partial charge on any atom is -0.350 e. The fraction of sp³-hybridized carbons (Fsp3) is 0.368. The second-order valence-corrected chi connectivity index (χ2v) is 8.21. The molecule has 1 amide bonds. The maximum Gasteiger partial charge on any atom is 0.244 e. The van der Waals surface area contributed by atoms with Gasteiger partial charge in [0.05, 0.1) is 11.9 Å². The van der Waals surface area contributed by atoms with Gasteiger partial charge in [0, 0.05) is 18.9 Å². The van der Waals surface area contributed by atoms with Crippen molar-refractivity contribution < 1.29 is 13.2 Å². The maximum absolute atomic E-state index is 12.8. The Hall–Kier alpha value is -2.41. The first-order chi connectivity index (χ1) is 12.2. The molecule has 1 aromatic heterocycles. The van der Waals surface area contributed by atoms with Crippen LogP contribution in [0.1, 0.15) is 30.0 Å². The molecule has 0 unspecified atom stereocenters. The van der Waals surface area contributed by atoms with E-state index in [1.54, 1.807) is 31.5 Å². The lowest BCUT2D eigenvalue weighted by molar-refractivity contribution is -0.122. The van der Waals surface area contributed by atoms with Crippen molar-refractivity contribution in [1.82, 2.24) is 10.3 Å². The molecule has 26 heavy (non-hydrogen) atoms. The molecule has 1 N–H and O–H groups in total.